The van der Waals surface area contributed by atoms with Gasteiger partial charge in [-0.15, -0.1) is 0 Å². The van der Waals surface area contributed by atoms with Crippen molar-refractivity contribution in [2.75, 3.05) is 20.1 Å². The highest BCUT2D eigenvalue weighted by Gasteiger charge is 2.22. The van der Waals surface area contributed by atoms with Gasteiger partial charge in [0.15, 0.2) is 5.82 Å². The molecular formula is C11H18N4O2. The number of hydrogen-bond donors (Lipinski definition) is 2. The minimum absolute atomic E-state index is 0.180. The number of aromatic nitrogens is 2. The average Bonchev–Trinajstić information content (AvgIpc) is 2.87. The predicted octanol–water partition coefficient (Wildman–Crippen LogP) is -0.654. The molecule has 94 valence electrons. The number of amides is 1. The number of aliphatic hydroxyl groups excluding tert-OH is 1. The summed E-state index contributed by atoms with van der Waals surface area (Å²) in [4.78, 5) is 17.8. The summed E-state index contributed by atoms with van der Waals surface area (Å²) in [5.74, 6) is 0.238. The lowest BCUT2D eigenvalue weighted by atomic mass is 10.3. The van der Waals surface area contributed by atoms with Gasteiger partial charge in [0.1, 0.15) is 0 Å². The normalized spacial score (nSPS) is 20.8. The molecule has 1 aliphatic heterocycles. The van der Waals surface area contributed by atoms with Crippen molar-refractivity contribution in [2.45, 2.75) is 19.1 Å². The van der Waals surface area contributed by atoms with Crippen molar-refractivity contribution >= 4 is 5.91 Å². The number of carbonyl (C=O) groups excluding carboxylic acids is 1. The quantitative estimate of drug-likeness (QED) is 0.734. The van der Waals surface area contributed by atoms with Crippen LogP contribution in [0.25, 0.3) is 0 Å². The van der Waals surface area contributed by atoms with Gasteiger partial charge in [-0.1, -0.05) is 0 Å². The van der Waals surface area contributed by atoms with Crippen molar-refractivity contribution in [2.24, 2.45) is 7.05 Å². The standard InChI is InChI=1S/C11H18N4O2/c1-12-11(17)10-13-5-8(14(10)2)6-15-4-3-9(16)7-15/h5,9,16H,3-4,6-7H2,1-2H3,(H,12,17)/t9-/m1/s1. The van der Waals surface area contributed by atoms with Crippen LogP contribution in [-0.2, 0) is 13.6 Å². The SMILES string of the molecule is CNC(=O)c1ncc(CN2CC[C@@H](O)C2)n1C. The first kappa shape index (κ1) is 12.1. The summed E-state index contributed by atoms with van der Waals surface area (Å²) in [5.41, 5.74) is 0.984. The summed E-state index contributed by atoms with van der Waals surface area (Å²) >= 11 is 0. The maximum Gasteiger partial charge on any atom is 0.287 e. The Balaban J connectivity index is 2.07. The summed E-state index contributed by atoms with van der Waals surface area (Å²) in [6, 6.07) is 0. The molecule has 0 aliphatic carbocycles. The van der Waals surface area contributed by atoms with Gasteiger partial charge >= 0.3 is 0 Å². The van der Waals surface area contributed by atoms with Gasteiger partial charge in [0.05, 0.1) is 18.0 Å². The lowest BCUT2D eigenvalue weighted by molar-refractivity contribution is 0.0949. The molecular weight excluding hydrogens is 220 g/mol. The monoisotopic (exact) mass is 238 g/mol. The van der Waals surface area contributed by atoms with Crippen molar-refractivity contribution in [3.63, 3.8) is 0 Å². The minimum Gasteiger partial charge on any atom is -0.392 e. The molecule has 1 amide bonds. The van der Waals surface area contributed by atoms with E-state index in [9.17, 15) is 9.90 Å². The number of imidazole rings is 1. The highest BCUT2D eigenvalue weighted by atomic mass is 16.3. The van der Waals surface area contributed by atoms with Gasteiger partial charge in [-0.3, -0.25) is 9.69 Å². The number of nitrogens with one attached hydrogen (secondary N) is 1. The molecule has 1 fully saturated rings. The zero-order valence-electron chi connectivity index (χ0n) is 10.2. The number of carbonyl (C=O) groups is 1. The van der Waals surface area contributed by atoms with Crippen molar-refractivity contribution < 1.29 is 9.90 Å². The Morgan fingerprint density at radius 3 is 3.06 bits per heavy atom. The van der Waals surface area contributed by atoms with E-state index in [1.54, 1.807) is 17.8 Å². The molecule has 0 spiro atoms. The summed E-state index contributed by atoms with van der Waals surface area (Å²) in [5, 5.41) is 12.0. The molecule has 0 bridgehead atoms. The number of likely N-dealkylation sites (tertiary alicyclic amines) is 1. The van der Waals surface area contributed by atoms with Crippen molar-refractivity contribution in [3.05, 3.63) is 17.7 Å². The van der Waals surface area contributed by atoms with E-state index in [0.29, 0.717) is 12.4 Å². The van der Waals surface area contributed by atoms with Crippen LogP contribution in [0.2, 0.25) is 0 Å². The second kappa shape index (κ2) is 4.85. The van der Waals surface area contributed by atoms with Gasteiger partial charge in [0.2, 0.25) is 0 Å². The molecule has 1 aromatic rings. The van der Waals surface area contributed by atoms with E-state index in [1.807, 2.05) is 7.05 Å². The molecule has 1 aromatic heterocycles. The molecule has 1 saturated heterocycles. The van der Waals surface area contributed by atoms with Crippen LogP contribution in [0.3, 0.4) is 0 Å². The van der Waals surface area contributed by atoms with Gasteiger partial charge in [-0.05, 0) is 6.42 Å². The van der Waals surface area contributed by atoms with Gasteiger partial charge < -0.3 is 15.0 Å². The highest BCUT2D eigenvalue weighted by molar-refractivity contribution is 5.90. The van der Waals surface area contributed by atoms with E-state index in [-0.39, 0.29) is 12.0 Å². The zero-order valence-corrected chi connectivity index (χ0v) is 10.2. The van der Waals surface area contributed by atoms with Gasteiger partial charge in [0, 0.05) is 33.7 Å². The number of β-amino-alcohol motifs (C(OH)–C–C–N with tert-alkyl or cyclic N) is 1. The minimum atomic E-state index is -0.221. The van der Waals surface area contributed by atoms with E-state index in [2.05, 4.69) is 15.2 Å². The third-order valence-corrected chi connectivity index (χ3v) is 3.15. The fourth-order valence-corrected chi connectivity index (χ4v) is 2.10. The summed E-state index contributed by atoms with van der Waals surface area (Å²) < 4.78 is 1.80. The van der Waals surface area contributed by atoms with Crippen LogP contribution < -0.4 is 5.32 Å². The van der Waals surface area contributed by atoms with Crippen molar-refractivity contribution in [1.29, 1.82) is 0 Å². The fraction of sp³-hybridized carbons (Fsp3) is 0.636. The third kappa shape index (κ3) is 2.48. The predicted molar refractivity (Wildman–Crippen MR) is 62.5 cm³/mol. The van der Waals surface area contributed by atoms with Crippen LogP contribution in [0, 0.1) is 0 Å². The molecule has 2 heterocycles. The number of nitrogens with zero attached hydrogens (tertiary/aromatic N) is 3. The van der Waals surface area contributed by atoms with Crippen LogP contribution in [0.1, 0.15) is 22.7 Å². The van der Waals surface area contributed by atoms with Gasteiger partial charge in [-0.25, -0.2) is 4.98 Å². The molecule has 0 unspecified atom stereocenters. The fourth-order valence-electron chi connectivity index (χ4n) is 2.10. The first-order valence-corrected chi connectivity index (χ1v) is 5.75. The molecule has 1 atom stereocenters. The molecule has 17 heavy (non-hydrogen) atoms. The van der Waals surface area contributed by atoms with Crippen LogP contribution in [0.4, 0.5) is 0 Å². The largest absolute Gasteiger partial charge is 0.392 e. The Morgan fingerprint density at radius 1 is 1.71 bits per heavy atom. The van der Waals surface area contributed by atoms with Crippen molar-refractivity contribution in [1.82, 2.24) is 19.8 Å². The van der Waals surface area contributed by atoms with Crippen LogP contribution in [-0.4, -0.2) is 51.7 Å². The lowest BCUT2D eigenvalue weighted by Gasteiger charge is -2.15. The van der Waals surface area contributed by atoms with Crippen LogP contribution >= 0.6 is 0 Å². The lowest BCUT2D eigenvalue weighted by Crippen LogP contribution is -2.25. The maximum atomic E-state index is 11.5. The van der Waals surface area contributed by atoms with E-state index in [4.69, 9.17) is 0 Å². The Hall–Kier alpha value is -1.40. The van der Waals surface area contributed by atoms with E-state index < -0.39 is 0 Å². The molecule has 1 aliphatic rings. The second-order valence-electron chi connectivity index (χ2n) is 4.39. The van der Waals surface area contributed by atoms with E-state index in [0.717, 1.165) is 25.2 Å². The molecule has 0 saturated carbocycles. The second-order valence-corrected chi connectivity index (χ2v) is 4.39. The first-order valence-electron chi connectivity index (χ1n) is 5.75. The molecule has 0 radical (unpaired) electrons. The van der Waals surface area contributed by atoms with E-state index >= 15 is 0 Å². The number of aliphatic hydroxyl groups is 1. The van der Waals surface area contributed by atoms with Crippen LogP contribution in [0.15, 0.2) is 6.20 Å². The smallest absolute Gasteiger partial charge is 0.287 e. The summed E-state index contributed by atoms with van der Waals surface area (Å²) in [6.45, 7) is 2.31. The highest BCUT2D eigenvalue weighted by Crippen LogP contribution is 2.13. The van der Waals surface area contributed by atoms with Crippen molar-refractivity contribution in [3.8, 4) is 0 Å². The first-order chi connectivity index (χ1) is 8.11. The van der Waals surface area contributed by atoms with Gasteiger partial charge in [0.25, 0.3) is 5.91 Å². The maximum absolute atomic E-state index is 11.5. The topological polar surface area (TPSA) is 70.4 Å². The Kier molecular flexibility index (Phi) is 3.44. The molecule has 0 aromatic carbocycles. The van der Waals surface area contributed by atoms with E-state index in [1.165, 1.54) is 0 Å². The number of rotatable bonds is 3. The Bertz CT molecular complexity index is 416. The summed E-state index contributed by atoms with van der Waals surface area (Å²) in [6.07, 6.45) is 2.32. The third-order valence-electron chi connectivity index (χ3n) is 3.15. The Morgan fingerprint density at radius 2 is 2.47 bits per heavy atom. The summed E-state index contributed by atoms with van der Waals surface area (Å²) in [7, 11) is 3.42. The molecule has 6 heteroatoms. The average molecular weight is 238 g/mol. The molecule has 2 N–H and O–H groups in total. The molecule has 6 nitrogen and oxygen atoms in total. The zero-order chi connectivity index (χ0) is 12.4. The molecule has 2 rings (SSSR count). The van der Waals surface area contributed by atoms with Crippen LogP contribution in [0.5, 0.6) is 0 Å². The number of hydrogen-bond acceptors (Lipinski definition) is 4. The van der Waals surface area contributed by atoms with Gasteiger partial charge in [-0.2, -0.15) is 0 Å². The Labute approximate surface area is 100 Å².